The van der Waals surface area contributed by atoms with E-state index in [0.717, 1.165) is 38.4 Å². The first-order valence-corrected chi connectivity index (χ1v) is 8.92. The van der Waals surface area contributed by atoms with E-state index >= 15 is 0 Å². The monoisotopic (exact) mass is 375 g/mol. The highest BCUT2D eigenvalue weighted by atomic mass is 35.5. The molecule has 0 radical (unpaired) electrons. The molecule has 7 nitrogen and oxygen atoms in total. The van der Waals surface area contributed by atoms with Crippen molar-refractivity contribution >= 4 is 29.0 Å². The number of nitrogens with one attached hydrogen (secondary N) is 1. The highest BCUT2D eigenvalue weighted by Gasteiger charge is 2.22. The van der Waals surface area contributed by atoms with Crippen LogP contribution in [0.2, 0.25) is 5.02 Å². The van der Waals surface area contributed by atoms with Crippen LogP contribution in [-0.4, -0.2) is 65.5 Å². The Labute approximate surface area is 157 Å². The summed E-state index contributed by atoms with van der Waals surface area (Å²) in [6, 6.07) is 5.35. The Hall–Kier alpha value is -2.38. The number of benzene rings is 1. The van der Waals surface area contributed by atoms with Crippen molar-refractivity contribution < 1.29 is 9.53 Å². The molecule has 26 heavy (non-hydrogen) atoms. The number of carbonyl (C=O) groups excluding carboxylic acids is 1. The number of anilines is 2. The maximum absolute atomic E-state index is 12.5. The third-order valence-corrected chi connectivity index (χ3v) is 4.70. The van der Waals surface area contributed by atoms with Gasteiger partial charge in [-0.3, -0.25) is 4.79 Å². The number of piperazine rings is 1. The standard InChI is InChI=1S/C18H22ClN5O2/c1-3-23-6-8-24(9-7-23)18(25)15-11-21-17(12-20-15)22-13-4-5-16(26-2)14(19)10-13/h4-5,10-12H,3,6-9H2,1-2H3,(H,21,22). The SMILES string of the molecule is CCN1CCN(C(=O)c2cnc(Nc3ccc(OC)c(Cl)c3)cn2)CC1. The van der Waals surface area contributed by atoms with Crippen molar-refractivity contribution in [1.82, 2.24) is 19.8 Å². The van der Waals surface area contributed by atoms with Crippen LogP contribution in [0.15, 0.2) is 30.6 Å². The molecule has 1 aliphatic rings. The van der Waals surface area contributed by atoms with Gasteiger partial charge in [0.2, 0.25) is 0 Å². The molecule has 1 aliphatic heterocycles. The predicted molar refractivity (Wildman–Crippen MR) is 101 cm³/mol. The topological polar surface area (TPSA) is 70.6 Å². The maximum atomic E-state index is 12.5. The number of hydrogen-bond donors (Lipinski definition) is 1. The second-order valence-electron chi connectivity index (χ2n) is 5.99. The third-order valence-electron chi connectivity index (χ3n) is 4.40. The minimum absolute atomic E-state index is 0.0766. The zero-order valence-corrected chi connectivity index (χ0v) is 15.7. The van der Waals surface area contributed by atoms with Crippen molar-refractivity contribution in [1.29, 1.82) is 0 Å². The molecule has 1 N–H and O–H groups in total. The second-order valence-corrected chi connectivity index (χ2v) is 6.39. The summed E-state index contributed by atoms with van der Waals surface area (Å²) in [6.45, 7) is 6.38. The summed E-state index contributed by atoms with van der Waals surface area (Å²) >= 11 is 6.11. The van der Waals surface area contributed by atoms with Crippen molar-refractivity contribution in [3.05, 3.63) is 41.3 Å². The first-order chi connectivity index (χ1) is 12.6. The van der Waals surface area contributed by atoms with Crippen LogP contribution in [0, 0.1) is 0 Å². The number of ether oxygens (including phenoxy) is 1. The van der Waals surface area contributed by atoms with E-state index < -0.39 is 0 Å². The second kappa shape index (κ2) is 8.33. The van der Waals surface area contributed by atoms with Crippen molar-refractivity contribution in [2.75, 3.05) is 45.2 Å². The van der Waals surface area contributed by atoms with Gasteiger partial charge in [0.25, 0.3) is 5.91 Å². The number of halogens is 1. The number of aromatic nitrogens is 2. The first kappa shape index (κ1) is 18.4. The summed E-state index contributed by atoms with van der Waals surface area (Å²) in [6.07, 6.45) is 3.05. The quantitative estimate of drug-likeness (QED) is 0.866. The molecule has 1 saturated heterocycles. The van der Waals surface area contributed by atoms with E-state index in [1.165, 1.54) is 6.20 Å². The number of hydrogen-bond acceptors (Lipinski definition) is 6. The van der Waals surface area contributed by atoms with Crippen LogP contribution in [0.5, 0.6) is 5.75 Å². The summed E-state index contributed by atoms with van der Waals surface area (Å²) < 4.78 is 5.13. The molecule has 0 bridgehead atoms. The lowest BCUT2D eigenvalue weighted by molar-refractivity contribution is 0.0637. The normalized spacial score (nSPS) is 15.0. The van der Waals surface area contributed by atoms with Gasteiger partial charge in [-0.05, 0) is 24.7 Å². The molecule has 1 aromatic carbocycles. The molecule has 0 atom stereocenters. The number of rotatable bonds is 5. The Morgan fingerprint density at radius 3 is 2.58 bits per heavy atom. The summed E-state index contributed by atoms with van der Waals surface area (Å²) in [5, 5.41) is 3.61. The lowest BCUT2D eigenvalue weighted by Gasteiger charge is -2.33. The van der Waals surface area contributed by atoms with Crippen LogP contribution in [-0.2, 0) is 0 Å². The number of likely N-dealkylation sites (N-methyl/N-ethyl adjacent to an activating group) is 1. The van der Waals surface area contributed by atoms with Crippen molar-refractivity contribution in [3.8, 4) is 5.75 Å². The Morgan fingerprint density at radius 1 is 1.23 bits per heavy atom. The summed E-state index contributed by atoms with van der Waals surface area (Å²) in [7, 11) is 1.57. The van der Waals surface area contributed by atoms with Gasteiger partial charge in [0.05, 0.1) is 24.5 Å². The smallest absolute Gasteiger partial charge is 0.274 e. The van der Waals surface area contributed by atoms with Crippen LogP contribution >= 0.6 is 11.6 Å². The van der Waals surface area contributed by atoms with Crippen molar-refractivity contribution in [3.63, 3.8) is 0 Å². The third kappa shape index (κ3) is 4.23. The average Bonchev–Trinajstić information content (AvgIpc) is 2.68. The largest absolute Gasteiger partial charge is 0.495 e. The zero-order chi connectivity index (χ0) is 18.5. The average molecular weight is 376 g/mol. The van der Waals surface area contributed by atoms with E-state index in [9.17, 15) is 4.79 Å². The van der Waals surface area contributed by atoms with E-state index in [0.29, 0.717) is 22.3 Å². The van der Waals surface area contributed by atoms with Crippen LogP contribution in [0.3, 0.4) is 0 Å². The molecule has 138 valence electrons. The van der Waals surface area contributed by atoms with E-state index in [2.05, 4.69) is 27.1 Å². The molecule has 1 amide bonds. The van der Waals surface area contributed by atoms with Gasteiger partial charge in [0.1, 0.15) is 17.3 Å². The van der Waals surface area contributed by atoms with E-state index in [4.69, 9.17) is 16.3 Å². The summed E-state index contributed by atoms with van der Waals surface area (Å²) in [5.74, 6) is 1.07. The first-order valence-electron chi connectivity index (χ1n) is 8.55. The van der Waals surface area contributed by atoms with Gasteiger partial charge < -0.3 is 19.9 Å². The molecular weight excluding hydrogens is 354 g/mol. The molecule has 0 unspecified atom stereocenters. The minimum Gasteiger partial charge on any atom is -0.495 e. The Bertz CT molecular complexity index is 761. The Balaban J connectivity index is 1.63. The minimum atomic E-state index is -0.0766. The molecule has 0 spiro atoms. The number of amides is 1. The molecule has 2 aromatic rings. The lowest BCUT2D eigenvalue weighted by atomic mass is 10.3. The van der Waals surface area contributed by atoms with Crippen LogP contribution in [0.25, 0.3) is 0 Å². The van der Waals surface area contributed by atoms with Gasteiger partial charge in [0, 0.05) is 31.9 Å². The lowest BCUT2D eigenvalue weighted by Crippen LogP contribution is -2.48. The Kier molecular flexibility index (Phi) is 5.90. The van der Waals surface area contributed by atoms with Crippen LogP contribution in [0.1, 0.15) is 17.4 Å². The molecule has 0 saturated carbocycles. The Morgan fingerprint density at radius 2 is 2.00 bits per heavy atom. The van der Waals surface area contributed by atoms with Gasteiger partial charge in [-0.2, -0.15) is 0 Å². The molecule has 3 rings (SSSR count). The van der Waals surface area contributed by atoms with Gasteiger partial charge in [0.15, 0.2) is 0 Å². The molecule has 0 aliphatic carbocycles. The van der Waals surface area contributed by atoms with Gasteiger partial charge in [-0.15, -0.1) is 0 Å². The number of methoxy groups -OCH3 is 1. The van der Waals surface area contributed by atoms with Crippen LogP contribution < -0.4 is 10.1 Å². The zero-order valence-electron chi connectivity index (χ0n) is 14.9. The molecular formula is C18H22ClN5O2. The fraction of sp³-hybridized carbons (Fsp3) is 0.389. The number of nitrogens with zero attached hydrogens (tertiary/aromatic N) is 4. The summed E-state index contributed by atoms with van der Waals surface area (Å²) in [5.41, 5.74) is 1.12. The van der Waals surface area contributed by atoms with E-state index in [-0.39, 0.29) is 5.91 Å². The highest BCUT2D eigenvalue weighted by Crippen LogP contribution is 2.28. The van der Waals surface area contributed by atoms with E-state index in [1.807, 2.05) is 11.0 Å². The van der Waals surface area contributed by atoms with E-state index in [1.54, 1.807) is 25.4 Å². The molecule has 1 fully saturated rings. The van der Waals surface area contributed by atoms with Crippen molar-refractivity contribution in [2.24, 2.45) is 0 Å². The summed E-state index contributed by atoms with van der Waals surface area (Å²) in [4.78, 5) is 25.2. The number of carbonyl (C=O) groups is 1. The van der Waals surface area contributed by atoms with Gasteiger partial charge in [-0.1, -0.05) is 18.5 Å². The molecule has 8 heteroatoms. The fourth-order valence-corrected chi connectivity index (χ4v) is 3.08. The van der Waals surface area contributed by atoms with Gasteiger partial charge in [-0.25, -0.2) is 9.97 Å². The van der Waals surface area contributed by atoms with Crippen molar-refractivity contribution in [2.45, 2.75) is 6.92 Å². The predicted octanol–water partition coefficient (Wildman–Crippen LogP) is 2.66. The maximum Gasteiger partial charge on any atom is 0.274 e. The molecule has 1 aromatic heterocycles. The highest BCUT2D eigenvalue weighted by molar-refractivity contribution is 6.32. The van der Waals surface area contributed by atoms with Crippen LogP contribution in [0.4, 0.5) is 11.5 Å². The molecule has 2 heterocycles. The van der Waals surface area contributed by atoms with Gasteiger partial charge >= 0.3 is 0 Å². The fourth-order valence-electron chi connectivity index (χ4n) is 2.82.